The van der Waals surface area contributed by atoms with Gasteiger partial charge in [-0.3, -0.25) is 19.7 Å². The van der Waals surface area contributed by atoms with E-state index in [2.05, 4.69) is 25.8 Å². The van der Waals surface area contributed by atoms with Gasteiger partial charge >= 0.3 is 0 Å². The second-order valence-corrected chi connectivity index (χ2v) is 3.86. The number of nitrogens with one attached hydrogen (secondary N) is 3. The van der Waals surface area contributed by atoms with Gasteiger partial charge < -0.3 is 10.6 Å². The Balaban J connectivity index is 2.32. The van der Waals surface area contributed by atoms with E-state index in [1.807, 2.05) is 0 Å². The number of aromatic amines is 1. The van der Waals surface area contributed by atoms with Crippen LogP contribution in [0, 0.1) is 10.1 Å². The molecule has 21 heavy (non-hydrogen) atoms. The molecular formula is C11H10N6O4. The fraction of sp³-hybridized carbons (Fsp3) is 0.0909. The van der Waals surface area contributed by atoms with E-state index < -0.39 is 16.4 Å². The summed E-state index contributed by atoms with van der Waals surface area (Å²) in [5, 5.41) is 21.6. The molecule has 0 aliphatic heterocycles. The van der Waals surface area contributed by atoms with Crippen molar-refractivity contribution in [3.63, 3.8) is 0 Å². The Morgan fingerprint density at radius 3 is 2.76 bits per heavy atom. The zero-order valence-corrected chi connectivity index (χ0v) is 10.8. The standard InChI is InChI=1S/C11H10N6O4/c1-12-10-7(4-6(5-13-10)17(20)21)11(19)14-8-2-3-9(18)16-15-8/h2-5H,1H3,(H,12,13)(H,16,18)(H,14,15,19). The molecule has 10 heteroatoms. The maximum absolute atomic E-state index is 12.1. The smallest absolute Gasteiger partial charge is 0.288 e. The van der Waals surface area contributed by atoms with Crippen LogP contribution >= 0.6 is 0 Å². The van der Waals surface area contributed by atoms with Crippen molar-refractivity contribution in [1.82, 2.24) is 15.2 Å². The minimum absolute atomic E-state index is 0.0142. The molecule has 0 saturated carbocycles. The molecule has 0 bridgehead atoms. The number of nitro groups is 1. The lowest BCUT2D eigenvalue weighted by molar-refractivity contribution is -0.385. The van der Waals surface area contributed by atoms with Crippen molar-refractivity contribution in [2.24, 2.45) is 0 Å². The molecule has 0 aliphatic rings. The van der Waals surface area contributed by atoms with Crippen LogP contribution in [0.2, 0.25) is 0 Å². The third-order valence-corrected chi connectivity index (χ3v) is 2.49. The number of hydrogen-bond donors (Lipinski definition) is 3. The van der Waals surface area contributed by atoms with Crippen molar-refractivity contribution in [1.29, 1.82) is 0 Å². The van der Waals surface area contributed by atoms with Crippen LogP contribution < -0.4 is 16.2 Å². The van der Waals surface area contributed by atoms with Crippen LogP contribution in [-0.4, -0.2) is 33.1 Å². The molecule has 108 valence electrons. The van der Waals surface area contributed by atoms with Crippen molar-refractivity contribution in [3.05, 3.63) is 50.4 Å². The van der Waals surface area contributed by atoms with Gasteiger partial charge in [-0.2, -0.15) is 5.10 Å². The number of rotatable bonds is 4. The van der Waals surface area contributed by atoms with Crippen molar-refractivity contribution >= 4 is 23.2 Å². The first-order valence-electron chi connectivity index (χ1n) is 5.70. The Hall–Kier alpha value is -3.30. The zero-order chi connectivity index (χ0) is 15.4. The number of hydrogen-bond acceptors (Lipinski definition) is 7. The van der Waals surface area contributed by atoms with E-state index in [1.165, 1.54) is 19.2 Å². The lowest BCUT2D eigenvalue weighted by Gasteiger charge is -2.07. The molecule has 0 aliphatic carbocycles. The third-order valence-electron chi connectivity index (χ3n) is 2.49. The van der Waals surface area contributed by atoms with E-state index in [4.69, 9.17) is 0 Å². The minimum atomic E-state index is -0.651. The molecule has 3 N–H and O–H groups in total. The highest BCUT2D eigenvalue weighted by Gasteiger charge is 2.18. The van der Waals surface area contributed by atoms with Gasteiger partial charge in [0, 0.05) is 19.2 Å². The van der Waals surface area contributed by atoms with Gasteiger partial charge in [-0.25, -0.2) is 10.1 Å². The molecule has 2 heterocycles. The summed E-state index contributed by atoms with van der Waals surface area (Å²) in [5.74, 6) is -0.356. The van der Waals surface area contributed by atoms with E-state index in [9.17, 15) is 19.7 Å². The maximum Gasteiger partial charge on any atom is 0.288 e. The molecule has 0 saturated heterocycles. The van der Waals surface area contributed by atoms with Crippen LogP contribution in [0.15, 0.2) is 29.2 Å². The Kier molecular flexibility index (Phi) is 3.88. The van der Waals surface area contributed by atoms with Crippen LogP contribution in [0.25, 0.3) is 0 Å². The lowest BCUT2D eigenvalue weighted by Crippen LogP contribution is -2.17. The van der Waals surface area contributed by atoms with Gasteiger partial charge in [0.15, 0.2) is 5.82 Å². The van der Waals surface area contributed by atoms with E-state index >= 15 is 0 Å². The predicted molar refractivity (Wildman–Crippen MR) is 73.2 cm³/mol. The largest absolute Gasteiger partial charge is 0.372 e. The molecular weight excluding hydrogens is 280 g/mol. The fourth-order valence-corrected chi connectivity index (χ4v) is 1.52. The summed E-state index contributed by atoms with van der Waals surface area (Å²) in [5.41, 5.74) is -0.741. The van der Waals surface area contributed by atoms with Gasteiger partial charge in [-0.1, -0.05) is 0 Å². The van der Waals surface area contributed by atoms with Crippen molar-refractivity contribution < 1.29 is 9.72 Å². The molecule has 2 rings (SSSR count). The SMILES string of the molecule is CNc1ncc([N+](=O)[O-])cc1C(=O)Nc1ccc(=O)[nH]n1. The molecule has 0 spiro atoms. The first-order chi connectivity index (χ1) is 10.0. The highest BCUT2D eigenvalue weighted by Crippen LogP contribution is 2.19. The quantitative estimate of drug-likeness (QED) is 0.545. The minimum Gasteiger partial charge on any atom is -0.372 e. The molecule has 0 radical (unpaired) electrons. The summed E-state index contributed by atoms with van der Waals surface area (Å²) in [6, 6.07) is 3.59. The highest BCUT2D eigenvalue weighted by atomic mass is 16.6. The normalized spacial score (nSPS) is 9.95. The second-order valence-electron chi connectivity index (χ2n) is 3.86. The molecule has 2 aromatic heterocycles. The summed E-state index contributed by atoms with van der Waals surface area (Å²) in [4.78, 5) is 36.9. The number of H-pyrrole nitrogens is 1. The summed E-state index contributed by atoms with van der Waals surface area (Å²) in [6.45, 7) is 0. The summed E-state index contributed by atoms with van der Waals surface area (Å²) < 4.78 is 0. The fourth-order valence-electron chi connectivity index (χ4n) is 1.52. The van der Waals surface area contributed by atoms with Crippen LogP contribution in [0.4, 0.5) is 17.3 Å². The van der Waals surface area contributed by atoms with Crippen LogP contribution in [0.5, 0.6) is 0 Å². The molecule has 1 amide bonds. The number of pyridine rings is 1. The van der Waals surface area contributed by atoms with Crippen LogP contribution in [0.3, 0.4) is 0 Å². The summed E-state index contributed by atoms with van der Waals surface area (Å²) in [6.07, 6.45) is 1.04. The third kappa shape index (κ3) is 3.18. The summed E-state index contributed by atoms with van der Waals surface area (Å²) >= 11 is 0. The first-order valence-corrected chi connectivity index (χ1v) is 5.70. The number of nitrogens with zero attached hydrogens (tertiary/aromatic N) is 3. The van der Waals surface area contributed by atoms with Gasteiger partial charge in [0.05, 0.1) is 10.5 Å². The first kappa shape index (κ1) is 14.1. The van der Waals surface area contributed by atoms with Gasteiger partial charge in [0.1, 0.15) is 12.0 Å². The van der Waals surface area contributed by atoms with E-state index in [0.29, 0.717) is 0 Å². The number of carbonyl (C=O) groups excluding carboxylic acids is 1. The molecule has 0 atom stereocenters. The van der Waals surface area contributed by atoms with Gasteiger partial charge in [0.25, 0.3) is 17.2 Å². The Morgan fingerprint density at radius 1 is 1.43 bits per heavy atom. The van der Waals surface area contributed by atoms with E-state index in [0.717, 1.165) is 12.3 Å². The maximum atomic E-state index is 12.1. The van der Waals surface area contributed by atoms with Gasteiger partial charge in [-0.15, -0.1) is 0 Å². The number of carbonyl (C=O) groups is 1. The Morgan fingerprint density at radius 2 is 2.19 bits per heavy atom. The van der Waals surface area contributed by atoms with Crippen molar-refractivity contribution in [2.45, 2.75) is 0 Å². The molecule has 0 unspecified atom stereocenters. The predicted octanol–water partition coefficient (Wildman–Crippen LogP) is 0.367. The topological polar surface area (TPSA) is 143 Å². The van der Waals surface area contributed by atoms with E-state index in [-0.39, 0.29) is 22.9 Å². The highest BCUT2D eigenvalue weighted by molar-refractivity contribution is 6.07. The zero-order valence-electron chi connectivity index (χ0n) is 10.8. The molecule has 2 aromatic rings. The van der Waals surface area contributed by atoms with Crippen LogP contribution in [0.1, 0.15) is 10.4 Å². The van der Waals surface area contributed by atoms with Crippen LogP contribution in [-0.2, 0) is 0 Å². The number of anilines is 2. The molecule has 0 fully saturated rings. The van der Waals surface area contributed by atoms with E-state index in [1.54, 1.807) is 0 Å². The van der Waals surface area contributed by atoms with Crippen molar-refractivity contribution in [2.75, 3.05) is 17.7 Å². The lowest BCUT2D eigenvalue weighted by atomic mass is 10.2. The second kappa shape index (κ2) is 5.77. The Labute approximate surface area is 117 Å². The monoisotopic (exact) mass is 290 g/mol. The molecule has 10 nitrogen and oxygen atoms in total. The van der Waals surface area contributed by atoms with Crippen molar-refractivity contribution in [3.8, 4) is 0 Å². The number of aromatic nitrogens is 3. The molecule has 0 aromatic carbocycles. The summed E-state index contributed by atoms with van der Waals surface area (Å²) in [7, 11) is 1.53. The average Bonchev–Trinajstić information content (AvgIpc) is 2.48. The Bertz CT molecular complexity index is 736. The van der Waals surface area contributed by atoms with Gasteiger partial charge in [-0.05, 0) is 6.07 Å². The van der Waals surface area contributed by atoms with Gasteiger partial charge in [0.2, 0.25) is 0 Å². The number of amides is 1. The average molecular weight is 290 g/mol.